The van der Waals surface area contributed by atoms with E-state index in [1.807, 2.05) is 0 Å². The van der Waals surface area contributed by atoms with Crippen molar-refractivity contribution < 1.29 is 0 Å². The number of hydrogen-bond acceptors (Lipinski definition) is 0. The van der Waals surface area contributed by atoms with Gasteiger partial charge in [0.05, 0.1) is 0 Å². The van der Waals surface area contributed by atoms with Crippen LogP contribution < -0.4 is 0 Å². The lowest BCUT2D eigenvalue weighted by Gasteiger charge is -2.09. The summed E-state index contributed by atoms with van der Waals surface area (Å²) in [6, 6.07) is 6.69. The normalized spacial score (nSPS) is 10.6. The van der Waals surface area contributed by atoms with E-state index < -0.39 is 0 Å². The molecule has 0 aromatic heterocycles. The largest absolute Gasteiger partial charge is 0.0955 e. The second-order valence-electron chi connectivity index (χ2n) is 4.53. The van der Waals surface area contributed by atoms with Crippen LogP contribution in [0.1, 0.15) is 37.5 Å². The molecular formula is C14H20. The van der Waals surface area contributed by atoms with Crippen LogP contribution in [0.25, 0.3) is 5.57 Å². The molecule has 0 amide bonds. The van der Waals surface area contributed by atoms with Crippen LogP contribution in [0.3, 0.4) is 0 Å². The molecule has 0 aliphatic heterocycles. The maximum absolute atomic E-state index is 3.98. The van der Waals surface area contributed by atoms with Crippen molar-refractivity contribution in [2.45, 2.75) is 34.1 Å². The first-order chi connectivity index (χ1) is 6.50. The van der Waals surface area contributed by atoms with Gasteiger partial charge in [-0.25, -0.2) is 0 Å². The van der Waals surface area contributed by atoms with Crippen LogP contribution in [0.2, 0.25) is 0 Å². The first-order valence-electron chi connectivity index (χ1n) is 5.26. The SMILES string of the molecule is C=C(C)c1ccc(CC(C)C)cc1C. The van der Waals surface area contributed by atoms with E-state index in [1.165, 1.54) is 16.7 Å². The van der Waals surface area contributed by atoms with Crippen LogP contribution in [-0.2, 0) is 6.42 Å². The van der Waals surface area contributed by atoms with Crippen molar-refractivity contribution >= 4 is 5.57 Å². The summed E-state index contributed by atoms with van der Waals surface area (Å²) in [5, 5.41) is 0. The summed E-state index contributed by atoms with van der Waals surface area (Å²) >= 11 is 0. The summed E-state index contributed by atoms with van der Waals surface area (Å²) in [6.45, 7) is 12.7. The molecule has 0 atom stereocenters. The third kappa shape index (κ3) is 2.73. The average molecular weight is 188 g/mol. The van der Waals surface area contributed by atoms with Crippen LogP contribution in [0.4, 0.5) is 0 Å². The number of hydrogen-bond donors (Lipinski definition) is 0. The van der Waals surface area contributed by atoms with Gasteiger partial charge in [0.2, 0.25) is 0 Å². The Morgan fingerprint density at radius 2 is 2.00 bits per heavy atom. The molecule has 0 aliphatic carbocycles. The Kier molecular flexibility index (Phi) is 3.51. The Balaban J connectivity index is 2.94. The van der Waals surface area contributed by atoms with Gasteiger partial charge in [0.25, 0.3) is 0 Å². The molecule has 1 rings (SSSR count). The van der Waals surface area contributed by atoms with Gasteiger partial charge in [0, 0.05) is 0 Å². The van der Waals surface area contributed by atoms with E-state index in [4.69, 9.17) is 0 Å². The Bertz CT molecular complexity index is 332. The summed E-state index contributed by atoms with van der Waals surface area (Å²) in [4.78, 5) is 0. The van der Waals surface area contributed by atoms with Crippen LogP contribution >= 0.6 is 0 Å². The van der Waals surface area contributed by atoms with Gasteiger partial charge in [0.1, 0.15) is 0 Å². The van der Waals surface area contributed by atoms with Gasteiger partial charge in [0.15, 0.2) is 0 Å². The molecule has 0 saturated heterocycles. The fraction of sp³-hybridized carbons (Fsp3) is 0.429. The molecule has 0 heteroatoms. The third-order valence-corrected chi connectivity index (χ3v) is 2.39. The van der Waals surface area contributed by atoms with Gasteiger partial charge in [-0.1, -0.05) is 44.2 Å². The lowest BCUT2D eigenvalue weighted by molar-refractivity contribution is 0.647. The molecule has 1 aromatic carbocycles. The minimum atomic E-state index is 0.727. The Morgan fingerprint density at radius 1 is 1.36 bits per heavy atom. The molecule has 0 aliphatic rings. The van der Waals surface area contributed by atoms with E-state index >= 15 is 0 Å². The van der Waals surface area contributed by atoms with Crippen molar-refractivity contribution in [1.29, 1.82) is 0 Å². The highest BCUT2D eigenvalue weighted by Crippen LogP contribution is 2.19. The Morgan fingerprint density at radius 3 is 2.43 bits per heavy atom. The standard InChI is InChI=1S/C14H20/c1-10(2)8-13-6-7-14(11(3)4)12(5)9-13/h6-7,9-10H,3,8H2,1-2,4-5H3. The molecule has 0 heterocycles. The second-order valence-corrected chi connectivity index (χ2v) is 4.53. The Hall–Kier alpha value is -1.04. The molecule has 0 N–H and O–H groups in total. The predicted octanol–water partition coefficient (Wildman–Crippen LogP) is 4.23. The van der Waals surface area contributed by atoms with E-state index in [-0.39, 0.29) is 0 Å². The predicted molar refractivity (Wildman–Crippen MR) is 64.4 cm³/mol. The molecule has 0 bridgehead atoms. The highest BCUT2D eigenvalue weighted by atomic mass is 14.1. The molecule has 76 valence electrons. The van der Waals surface area contributed by atoms with Crippen molar-refractivity contribution in [3.05, 3.63) is 41.5 Å². The number of allylic oxidation sites excluding steroid dienone is 1. The number of aryl methyl sites for hydroxylation is 1. The van der Waals surface area contributed by atoms with Crippen molar-refractivity contribution in [3.63, 3.8) is 0 Å². The molecule has 0 fully saturated rings. The summed E-state index contributed by atoms with van der Waals surface area (Å²) in [6.07, 6.45) is 1.16. The highest BCUT2D eigenvalue weighted by Gasteiger charge is 2.02. The molecule has 0 unspecified atom stereocenters. The van der Waals surface area contributed by atoms with Crippen LogP contribution in [-0.4, -0.2) is 0 Å². The van der Waals surface area contributed by atoms with E-state index in [9.17, 15) is 0 Å². The minimum Gasteiger partial charge on any atom is -0.0955 e. The minimum absolute atomic E-state index is 0.727. The maximum Gasteiger partial charge on any atom is -0.0204 e. The lowest BCUT2D eigenvalue weighted by Crippen LogP contribution is -1.95. The monoisotopic (exact) mass is 188 g/mol. The zero-order valence-electron chi connectivity index (χ0n) is 9.72. The van der Waals surface area contributed by atoms with Gasteiger partial charge >= 0.3 is 0 Å². The number of rotatable bonds is 3. The quantitative estimate of drug-likeness (QED) is 0.666. The summed E-state index contributed by atoms with van der Waals surface area (Å²) in [5.74, 6) is 0.727. The zero-order valence-corrected chi connectivity index (χ0v) is 9.72. The smallest absolute Gasteiger partial charge is 0.0204 e. The van der Waals surface area contributed by atoms with Crippen molar-refractivity contribution in [2.24, 2.45) is 5.92 Å². The van der Waals surface area contributed by atoms with Gasteiger partial charge in [-0.2, -0.15) is 0 Å². The van der Waals surface area contributed by atoms with E-state index in [0.29, 0.717) is 0 Å². The third-order valence-electron chi connectivity index (χ3n) is 2.39. The zero-order chi connectivity index (χ0) is 10.7. The van der Waals surface area contributed by atoms with Crippen molar-refractivity contribution in [1.82, 2.24) is 0 Å². The molecule has 0 saturated carbocycles. The Labute approximate surface area is 87.7 Å². The summed E-state index contributed by atoms with van der Waals surface area (Å²) in [7, 11) is 0. The van der Waals surface area contributed by atoms with E-state index in [0.717, 1.165) is 17.9 Å². The lowest BCUT2D eigenvalue weighted by atomic mass is 9.96. The highest BCUT2D eigenvalue weighted by molar-refractivity contribution is 5.64. The van der Waals surface area contributed by atoms with Crippen molar-refractivity contribution in [3.8, 4) is 0 Å². The molecule has 0 spiro atoms. The fourth-order valence-electron chi connectivity index (χ4n) is 1.80. The maximum atomic E-state index is 3.98. The van der Waals surface area contributed by atoms with Crippen LogP contribution in [0.5, 0.6) is 0 Å². The fourth-order valence-corrected chi connectivity index (χ4v) is 1.80. The van der Waals surface area contributed by atoms with Crippen LogP contribution in [0, 0.1) is 12.8 Å². The van der Waals surface area contributed by atoms with Gasteiger partial charge in [-0.3, -0.25) is 0 Å². The molecular weight excluding hydrogens is 168 g/mol. The van der Waals surface area contributed by atoms with E-state index in [1.54, 1.807) is 0 Å². The first kappa shape index (κ1) is 11.0. The van der Waals surface area contributed by atoms with Gasteiger partial charge < -0.3 is 0 Å². The van der Waals surface area contributed by atoms with Crippen LogP contribution in [0.15, 0.2) is 24.8 Å². The van der Waals surface area contributed by atoms with Gasteiger partial charge in [-0.05, 0) is 42.9 Å². The van der Waals surface area contributed by atoms with Crippen molar-refractivity contribution in [2.75, 3.05) is 0 Å². The average Bonchev–Trinajstić information content (AvgIpc) is 2.01. The van der Waals surface area contributed by atoms with Gasteiger partial charge in [-0.15, -0.1) is 0 Å². The second kappa shape index (κ2) is 4.45. The number of benzene rings is 1. The molecule has 1 aromatic rings. The first-order valence-corrected chi connectivity index (χ1v) is 5.26. The molecule has 0 nitrogen and oxygen atoms in total. The summed E-state index contributed by atoms with van der Waals surface area (Å²) in [5.41, 5.74) is 5.22. The molecule has 14 heavy (non-hydrogen) atoms. The van der Waals surface area contributed by atoms with E-state index in [2.05, 4.69) is 52.5 Å². The molecule has 0 radical (unpaired) electrons. The topological polar surface area (TPSA) is 0 Å². The summed E-state index contributed by atoms with van der Waals surface area (Å²) < 4.78 is 0.